The van der Waals surface area contributed by atoms with E-state index in [0.717, 1.165) is 31.6 Å². The summed E-state index contributed by atoms with van der Waals surface area (Å²) in [4.78, 5) is 11.3. The number of aromatic carboxylic acids is 1. The van der Waals surface area contributed by atoms with Crippen LogP contribution in [-0.4, -0.2) is 30.3 Å². The van der Waals surface area contributed by atoms with E-state index in [1.807, 2.05) is 11.4 Å². The van der Waals surface area contributed by atoms with Gasteiger partial charge in [0.15, 0.2) is 0 Å². The number of hydrogen-bond donors (Lipinski definition) is 2. The van der Waals surface area contributed by atoms with Gasteiger partial charge in [0.2, 0.25) is 0 Å². The number of carboxylic acid groups (broad SMARTS) is 1. The van der Waals surface area contributed by atoms with E-state index in [9.17, 15) is 4.79 Å². The third-order valence-corrected chi connectivity index (χ3v) is 3.69. The minimum Gasteiger partial charge on any atom is -0.477 e. The van der Waals surface area contributed by atoms with Gasteiger partial charge in [-0.3, -0.25) is 0 Å². The minimum atomic E-state index is -0.834. The van der Waals surface area contributed by atoms with Crippen molar-refractivity contribution in [1.82, 2.24) is 5.32 Å². The number of carbonyl (C=O) groups is 1. The van der Waals surface area contributed by atoms with E-state index in [0.29, 0.717) is 17.5 Å². The Morgan fingerprint density at radius 1 is 1.56 bits per heavy atom. The first-order valence-electron chi connectivity index (χ1n) is 5.38. The molecule has 0 amide bonds. The lowest BCUT2D eigenvalue weighted by Gasteiger charge is -2.23. The number of rotatable bonds is 4. The van der Waals surface area contributed by atoms with Crippen LogP contribution in [0.3, 0.4) is 0 Å². The molecule has 0 aromatic carbocycles. The molecule has 0 aliphatic carbocycles. The summed E-state index contributed by atoms with van der Waals surface area (Å²) in [5.41, 5.74) is 0.879. The number of hydrogen-bond acceptors (Lipinski definition) is 4. The van der Waals surface area contributed by atoms with E-state index in [1.54, 1.807) is 0 Å². The first kappa shape index (κ1) is 11.6. The molecule has 1 aliphatic heterocycles. The summed E-state index contributed by atoms with van der Waals surface area (Å²) in [7, 11) is 0. The highest BCUT2D eigenvalue weighted by Gasteiger charge is 2.15. The van der Waals surface area contributed by atoms with Crippen LogP contribution in [0.5, 0.6) is 0 Å². The molecule has 0 bridgehead atoms. The quantitative estimate of drug-likeness (QED) is 0.842. The van der Waals surface area contributed by atoms with Crippen LogP contribution in [-0.2, 0) is 11.3 Å². The van der Waals surface area contributed by atoms with Crippen molar-refractivity contribution >= 4 is 17.3 Å². The number of thiophene rings is 1. The molecule has 1 saturated heterocycles. The molecule has 88 valence electrons. The van der Waals surface area contributed by atoms with Gasteiger partial charge in [0.25, 0.3) is 0 Å². The Kier molecular flexibility index (Phi) is 3.93. The van der Waals surface area contributed by atoms with Gasteiger partial charge < -0.3 is 15.2 Å². The Hall–Kier alpha value is -0.910. The second kappa shape index (κ2) is 5.43. The van der Waals surface area contributed by atoms with Crippen LogP contribution >= 0.6 is 11.3 Å². The predicted octanol–water partition coefficient (Wildman–Crippen LogP) is 1.71. The molecule has 2 heterocycles. The monoisotopic (exact) mass is 241 g/mol. The lowest BCUT2D eigenvalue weighted by atomic mass is 10.1. The molecule has 1 aromatic rings. The van der Waals surface area contributed by atoms with Crippen LogP contribution < -0.4 is 5.32 Å². The van der Waals surface area contributed by atoms with Crippen LogP contribution in [0.4, 0.5) is 0 Å². The molecule has 16 heavy (non-hydrogen) atoms. The first-order chi connectivity index (χ1) is 7.77. The fraction of sp³-hybridized carbons (Fsp3) is 0.545. The molecule has 0 unspecified atom stereocenters. The molecule has 5 heteroatoms. The molecule has 1 fully saturated rings. The predicted molar refractivity (Wildman–Crippen MR) is 62.0 cm³/mol. The number of nitrogens with one attached hydrogen (secondary N) is 1. The summed E-state index contributed by atoms with van der Waals surface area (Å²) < 4.78 is 5.27. The zero-order valence-corrected chi connectivity index (χ0v) is 9.76. The van der Waals surface area contributed by atoms with E-state index in [4.69, 9.17) is 9.84 Å². The smallest absolute Gasteiger partial charge is 0.346 e. The van der Waals surface area contributed by atoms with Gasteiger partial charge in [0.05, 0.1) is 0 Å². The molecule has 2 N–H and O–H groups in total. The Balaban J connectivity index is 1.88. The normalized spacial score (nSPS) is 17.5. The van der Waals surface area contributed by atoms with Crippen LogP contribution in [0.1, 0.15) is 28.1 Å². The van der Waals surface area contributed by atoms with Crippen molar-refractivity contribution in [3.8, 4) is 0 Å². The second-order valence-corrected chi connectivity index (χ2v) is 4.76. The molecule has 1 aromatic heterocycles. The highest BCUT2D eigenvalue weighted by Crippen LogP contribution is 2.17. The Morgan fingerprint density at radius 2 is 2.31 bits per heavy atom. The van der Waals surface area contributed by atoms with E-state index in [1.165, 1.54) is 11.3 Å². The van der Waals surface area contributed by atoms with Crippen molar-refractivity contribution in [2.24, 2.45) is 0 Å². The summed E-state index contributed by atoms with van der Waals surface area (Å²) >= 11 is 1.28. The van der Waals surface area contributed by atoms with E-state index in [2.05, 4.69) is 5.32 Å². The molecular weight excluding hydrogens is 226 g/mol. The van der Waals surface area contributed by atoms with Crippen molar-refractivity contribution < 1.29 is 14.6 Å². The molecule has 0 saturated carbocycles. The summed E-state index contributed by atoms with van der Waals surface area (Å²) in [6, 6.07) is 2.33. The van der Waals surface area contributed by atoms with Crippen molar-refractivity contribution in [1.29, 1.82) is 0 Å². The molecule has 0 radical (unpaired) electrons. The standard InChI is InChI=1S/C11H15NO3S/c13-11(14)10-8(3-6-16-10)7-12-9-1-4-15-5-2-9/h3,6,9,12H,1-2,4-5,7H2,(H,13,14). The van der Waals surface area contributed by atoms with Gasteiger partial charge in [0.1, 0.15) is 4.88 Å². The van der Waals surface area contributed by atoms with Crippen molar-refractivity contribution in [3.05, 3.63) is 21.9 Å². The fourth-order valence-electron chi connectivity index (χ4n) is 1.82. The highest BCUT2D eigenvalue weighted by atomic mass is 32.1. The van der Waals surface area contributed by atoms with Crippen LogP contribution in [0, 0.1) is 0 Å². The molecule has 2 rings (SSSR count). The molecule has 1 aliphatic rings. The van der Waals surface area contributed by atoms with Gasteiger partial charge in [0, 0.05) is 25.8 Å². The largest absolute Gasteiger partial charge is 0.477 e. The number of carboxylic acids is 1. The van der Waals surface area contributed by atoms with Crippen molar-refractivity contribution in [2.75, 3.05) is 13.2 Å². The maximum atomic E-state index is 10.9. The van der Waals surface area contributed by atoms with E-state index >= 15 is 0 Å². The van der Waals surface area contributed by atoms with E-state index in [-0.39, 0.29) is 0 Å². The van der Waals surface area contributed by atoms with Crippen molar-refractivity contribution in [2.45, 2.75) is 25.4 Å². The van der Waals surface area contributed by atoms with Crippen LogP contribution in [0.15, 0.2) is 11.4 Å². The van der Waals surface area contributed by atoms with Crippen LogP contribution in [0.25, 0.3) is 0 Å². The average Bonchev–Trinajstić information content (AvgIpc) is 2.76. The Labute approximate surface area is 98.2 Å². The fourth-order valence-corrected chi connectivity index (χ4v) is 2.58. The summed E-state index contributed by atoms with van der Waals surface area (Å²) in [5.74, 6) is -0.834. The first-order valence-corrected chi connectivity index (χ1v) is 6.26. The lowest BCUT2D eigenvalue weighted by Crippen LogP contribution is -2.34. The summed E-state index contributed by atoms with van der Waals surface area (Å²) in [5, 5.41) is 14.2. The van der Waals surface area contributed by atoms with Gasteiger partial charge in [-0.25, -0.2) is 4.79 Å². The van der Waals surface area contributed by atoms with Gasteiger partial charge in [-0.15, -0.1) is 11.3 Å². The maximum Gasteiger partial charge on any atom is 0.346 e. The highest BCUT2D eigenvalue weighted by molar-refractivity contribution is 7.12. The minimum absolute atomic E-state index is 0.444. The molecule has 0 spiro atoms. The Morgan fingerprint density at radius 3 is 3.00 bits per heavy atom. The van der Waals surface area contributed by atoms with Gasteiger partial charge in [-0.2, -0.15) is 0 Å². The van der Waals surface area contributed by atoms with Crippen LogP contribution in [0.2, 0.25) is 0 Å². The van der Waals surface area contributed by atoms with Gasteiger partial charge in [-0.1, -0.05) is 0 Å². The third kappa shape index (κ3) is 2.81. The zero-order valence-electron chi connectivity index (χ0n) is 8.94. The van der Waals surface area contributed by atoms with Gasteiger partial charge in [-0.05, 0) is 29.9 Å². The average molecular weight is 241 g/mol. The maximum absolute atomic E-state index is 10.9. The second-order valence-electron chi connectivity index (χ2n) is 3.85. The topological polar surface area (TPSA) is 58.6 Å². The SMILES string of the molecule is O=C(O)c1sccc1CNC1CCOCC1. The van der Waals surface area contributed by atoms with Gasteiger partial charge >= 0.3 is 5.97 Å². The zero-order chi connectivity index (χ0) is 11.4. The van der Waals surface area contributed by atoms with Crippen molar-refractivity contribution in [3.63, 3.8) is 0 Å². The Bertz CT molecular complexity index is 358. The lowest BCUT2D eigenvalue weighted by molar-refractivity contribution is 0.0698. The molecular formula is C11H15NO3S. The molecule has 0 atom stereocenters. The summed E-state index contributed by atoms with van der Waals surface area (Å²) in [6.07, 6.45) is 2.01. The van der Waals surface area contributed by atoms with E-state index < -0.39 is 5.97 Å². The third-order valence-electron chi connectivity index (χ3n) is 2.74. The molecule has 4 nitrogen and oxygen atoms in total. The summed E-state index contributed by atoms with van der Waals surface area (Å²) in [6.45, 7) is 2.23. The number of ether oxygens (including phenoxy) is 1.